The molecule has 0 saturated carbocycles. The van der Waals surface area contributed by atoms with Crippen LogP contribution in [0.4, 0.5) is 10.1 Å². The lowest BCUT2D eigenvalue weighted by Gasteiger charge is -2.00. The van der Waals surface area contributed by atoms with Crippen molar-refractivity contribution >= 4 is 18.0 Å². The Hall–Kier alpha value is -2.04. The third-order valence-corrected chi connectivity index (χ3v) is 1.87. The van der Waals surface area contributed by atoms with Gasteiger partial charge in [-0.15, -0.1) is 0 Å². The molecule has 0 aromatic heterocycles. The first-order valence-electron chi connectivity index (χ1n) is 4.12. The van der Waals surface area contributed by atoms with Crippen molar-refractivity contribution in [2.75, 3.05) is 0 Å². The van der Waals surface area contributed by atoms with Crippen LogP contribution in [0.2, 0.25) is 0 Å². The first-order chi connectivity index (χ1) is 7.06. The van der Waals surface area contributed by atoms with Crippen LogP contribution in [-0.2, 0) is 4.79 Å². The maximum atomic E-state index is 13.2. The number of aryl methyl sites for hydroxylation is 1. The molecule has 0 amide bonds. The number of allylic oxidation sites excluding steroid dienone is 1. The molecule has 0 radical (unpaired) electrons. The number of hydrogen-bond acceptors (Lipinski definition) is 3. The molecule has 0 bridgehead atoms. The molecule has 0 unspecified atom stereocenters. The van der Waals surface area contributed by atoms with Crippen LogP contribution in [0, 0.1) is 22.9 Å². The van der Waals surface area contributed by atoms with E-state index in [9.17, 15) is 19.3 Å². The van der Waals surface area contributed by atoms with Gasteiger partial charge in [0.05, 0.1) is 4.92 Å². The van der Waals surface area contributed by atoms with Crippen molar-refractivity contribution in [1.82, 2.24) is 0 Å². The van der Waals surface area contributed by atoms with Gasteiger partial charge < -0.3 is 0 Å². The molecule has 0 aliphatic carbocycles. The monoisotopic (exact) mass is 209 g/mol. The summed E-state index contributed by atoms with van der Waals surface area (Å²) in [5, 5.41) is 10.5. The fraction of sp³-hybridized carbons (Fsp3) is 0.100. The number of nitrogens with zero attached hydrogens (tertiary/aromatic N) is 1. The highest BCUT2D eigenvalue weighted by Crippen LogP contribution is 2.22. The van der Waals surface area contributed by atoms with E-state index in [4.69, 9.17) is 0 Å². The highest BCUT2D eigenvalue weighted by molar-refractivity contribution is 5.74. The van der Waals surface area contributed by atoms with Gasteiger partial charge in [0.25, 0.3) is 5.69 Å². The van der Waals surface area contributed by atoms with Crippen molar-refractivity contribution < 1.29 is 14.1 Å². The minimum absolute atomic E-state index is 0.0272. The molecule has 0 N–H and O–H groups in total. The topological polar surface area (TPSA) is 60.2 Å². The van der Waals surface area contributed by atoms with Gasteiger partial charge in [-0.25, -0.2) is 4.39 Å². The van der Waals surface area contributed by atoms with Crippen LogP contribution in [0.3, 0.4) is 0 Å². The standard InChI is InChI=1S/C10H8FNO3/c1-7-5-9(11)8(3-2-4-13)6-10(7)12(14)15/h2-6H,1H3. The molecule has 1 rings (SSSR count). The lowest BCUT2D eigenvalue weighted by molar-refractivity contribution is -0.385. The molecule has 5 heteroatoms. The van der Waals surface area contributed by atoms with E-state index in [1.807, 2.05) is 0 Å². The van der Waals surface area contributed by atoms with Crippen LogP contribution >= 0.6 is 0 Å². The smallest absolute Gasteiger partial charge is 0.273 e. The minimum atomic E-state index is -0.590. The summed E-state index contributed by atoms with van der Waals surface area (Å²) in [6.45, 7) is 1.45. The molecule has 0 spiro atoms. The Morgan fingerprint density at radius 3 is 2.67 bits per heavy atom. The molecule has 15 heavy (non-hydrogen) atoms. The number of hydrogen-bond donors (Lipinski definition) is 0. The van der Waals surface area contributed by atoms with E-state index in [2.05, 4.69) is 0 Å². The zero-order valence-corrected chi connectivity index (χ0v) is 7.94. The number of carbonyl (C=O) groups excluding carboxylic acids is 1. The van der Waals surface area contributed by atoms with Crippen molar-refractivity contribution in [1.29, 1.82) is 0 Å². The van der Waals surface area contributed by atoms with Crippen LogP contribution in [0.5, 0.6) is 0 Å². The van der Waals surface area contributed by atoms with Gasteiger partial charge >= 0.3 is 0 Å². The SMILES string of the molecule is Cc1cc(F)c(C=CC=O)cc1[N+](=O)[O-]. The molecule has 0 fully saturated rings. The molecule has 0 saturated heterocycles. The molecule has 0 aliphatic heterocycles. The van der Waals surface area contributed by atoms with E-state index < -0.39 is 10.7 Å². The fourth-order valence-corrected chi connectivity index (χ4v) is 1.14. The number of nitro benzene ring substituents is 1. The van der Waals surface area contributed by atoms with Gasteiger partial charge in [0.15, 0.2) is 0 Å². The average Bonchev–Trinajstić information content (AvgIpc) is 2.16. The second kappa shape index (κ2) is 4.45. The Labute approximate surface area is 85.2 Å². The summed E-state index contributed by atoms with van der Waals surface area (Å²) in [7, 11) is 0. The normalized spacial score (nSPS) is 10.5. The van der Waals surface area contributed by atoms with Gasteiger partial charge in [-0.05, 0) is 25.1 Å². The van der Waals surface area contributed by atoms with Gasteiger partial charge in [-0.1, -0.05) is 0 Å². The summed E-state index contributed by atoms with van der Waals surface area (Å²) in [6.07, 6.45) is 2.75. The number of aldehydes is 1. The molecular formula is C10H8FNO3. The van der Waals surface area contributed by atoms with Crippen LogP contribution in [0.25, 0.3) is 6.08 Å². The Morgan fingerprint density at radius 2 is 2.13 bits per heavy atom. The summed E-state index contributed by atoms with van der Waals surface area (Å²) in [5.74, 6) is -0.587. The molecule has 4 nitrogen and oxygen atoms in total. The van der Waals surface area contributed by atoms with E-state index in [0.717, 1.165) is 18.2 Å². The van der Waals surface area contributed by atoms with Crippen LogP contribution in [-0.4, -0.2) is 11.2 Å². The maximum Gasteiger partial charge on any atom is 0.273 e. The molecule has 1 aromatic rings. The van der Waals surface area contributed by atoms with Gasteiger partial charge in [-0.3, -0.25) is 14.9 Å². The summed E-state index contributed by atoms with van der Waals surface area (Å²) in [6, 6.07) is 2.17. The van der Waals surface area contributed by atoms with Gasteiger partial charge in [-0.2, -0.15) is 0 Å². The number of nitro groups is 1. The van der Waals surface area contributed by atoms with Crippen molar-refractivity contribution in [3.8, 4) is 0 Å². The van der Waals surface area contributed by atoms with Crippen LogP contribution in [0.15, 0.2) is 18.2 Å². The van der Waals surface area contributed by atoms with Gasteiger partial charge in [0.1, 0.15) is 12.1 Å². The second-order valence-electron chi connectivity index (χ2n) is 2.91. The maximum absolute atomic E-state index is 13.2. The van der Waals surface area contributed by atoms with Crippen molar-refractivity contribution in [2.45, 2.75) is 6.92 Å². The molecular weight excluding hydrogens is 201 g/mol. The lowest BCUT2D eigenvalue weighted by Crippen LogP contribution is -1.94. The predicted octanol–water partition coefficient (Wildman–Crippen LogP) is 2.25. The summed E-state index contributed by atoms with van der Waals surface area (Å²) in [4.78, 5) is 20.0. The molecule has 78 valence electrons. The second-order valence-corrected chi connectivity index (χ2v) is 2.91. The largest absolute Gasteiger partial charge is 0.299 e. The van der Waals surface area contributed by atoms with Gasteiger partial charge in [0, 0.05) is 17.2 Å². The predicted molar refractivity (Wildman–Crippen MR) is 52.9 cm³/mol. The van der Waals surface area contributed by atoms with E-state index in [1.165, 1.54) is 13.0 Å². The van der Waals surface area contributed by atoms with Crippen LogP contribution < -0.4 is 0 Å². The molecule has 1 aromatic carbocycles. The van der Waals surface area contributed by atoms with Crippen molar-refractivity contribution in [3.05, 3.63) is 45.3 Å². The van der Waals surface area contributed by atoms with E-state index in [-0.39, 0.29) is 16.8 Å². The zero-order valence-electron chi connectivity index (χ0n) is 7.94. The van der Waals surface area contributed by atoms with Crippen molar-refractivity contribution in [3.63, 3.8) is 0 Å². The zero-order chi connectivity index (χ0) is 11.4. The first kappa shape index (κ1) is 11.0. The first-order valence-corrected chi connectivity index (χ1v) is 4.12. The Morgan fingerprint density at radius 1 is 1.47 bits per heavy atom. The summed E-state index contributed by atoms with van der Waals surface area (Å²) < 4.78 is 13.2. The molecule has 0 aliphatic rings. The molecule has 0 atom stereocenters. The number of carbonyl (C=O) groups is 1. The summed E-state index contributed by atoms with van der Waals surface area (Å²) in [5.41, 5.74) is 0.113. The van der Waals surface area contributed by atoms with E-state index in [1.54, 1.807) is 0 Å². The van der Waals surface area contributed by atoms with Crippen LogP contribution in [0.1, 0.15) is 11.1 Å². The molecule has 0 heterocycles. The number of halogens is 1. The minimum Gasteiger partial charge on any atom is -0.299 e. The number of benzene rings is 1. The fourth-order valence-electron chi connectivity index (χ4n) is 1.14. The quantitative estimate of drug-likeness (QED) is 0.332. The Bertz CT molecular complexity index is 441. The average molecular weight is 209 g/mol. The highest BCUT2D eigenvalue weighted by Gasteiger charge is 2.13. The van der Waals surface area contributed by atoms with E-state index >= 15 is 0 Å². The number of rotatable bonds is 3. The van der Waals surface area contributed by atoms with Gasteiger partial charge in [0.2, 0.25) is 0 Å². The third-order valence-electron chi connectivity index (χ3n) is 1.87. The Kier molecular flexibility index (Phi) is 3.28. The highest BCUT2D eigenvalue weighted by atomic mass is 19.1. The Balaban J connectivity index is 3.29. The summed E-state index contributed by atoms with van der Waals surface area (Å²) >= 11 is 0. The van der Waals surface area contributed by atoms with Crippen molar-refractivity contribution in [2.24, 2.45) is 0 Å². The third kappa shape index (κ3) is 2.46. The lowest BCUT2D eigenvalue weighted by atomic mass is 10.1. The van der Waals surface area contributed by atoms with E-state index in [0.29, 0.717) is 6.29 Å².